The highest BCUT2D eigenvalue weighted by molar-refractivity contribution is 5.77. The number of hydrogen-bond donors (Lipinski definition) is 4. The highest BCUT2D eigenvalue weighted by atomic mass is 15.0. The predicted octanol–water partition coefficient (Wildman–Crippen LogP) is 4.93. The van der Waals surface area contributed by atoms with Crippen LogP contribution < -0.4 is 5.32 Å². The topological polar surface area (TPSA) is 85.2 Å². The summed E-state index contributed by atoms with van der Waals surface area (Å²) in [6.45, 7) is 4.98. The first-order chi connectivity index (χ1) is 18.0. The molecule has 0 fully saturated rings. The molecule has 0 bridgehead atoms. The molecule has 0 aliphatic heterocycles. The van der Waals surface area contributed by atoms with E-state index in [-0.39, 0.29) is 11.5 Å². The van der Waals surface area contributed by atoms with Gasteiger partial charge in [-0.15, -0.1) is 6.42 Å². The molecule has 6 heteroatoms. The first-order valence-electron chi connectivity index (χ1n) is 12.6. The van der Waals surface area contributed by atoms with Crippen LogP contribution in [0, 0.1) is 36.5 Å². The third kappa shape index (κ3) is 4.02. The Morgan fingerprint density at radius 1 is 1.24 bits per heavy atom. The highest BCUT2D eigenvalue weighted by Gasteiger charge is 2.27. The van der Waals surface area contributed by atoms with E-state index >= 15 is 0 Å². The van der Waals surface area contributed by atoms with Gasteiger partial charge in [0.05, 0.1) is 46.6 Å². The summed E-state index contributed by atoms with van der Waals surface area (Å²) in [7, 11) is 0. The highest BCUT2D eigenvalue weighted by Crippen LogP contribution is 2.37. The molecule has 6 nitrogen and oxygen atoms in total. The minimum absolute atomic E-state index is 0.211. The summed E-state index contributed by atoms with van der Waals surface area (Å²) < 4.78 is 0. The lowest BCUT2D eigenvalue weighted by atomic mass is 9.82. The molecule has 3 aliphatic carbocycles. The number of nitrogens with one attached hydrogen (secondary N) is 4. The van der Waals surface area contributed by atoms with Gasteiger partial charge in [-0.3, -0.25) is 5.32 Å². The second kappa shape index (κ2) is 8.00. The smallest absolute Gasteiger partial charge is 0.154 e. The maximum absolute atomic E-state index is 5.42. The van der Waals surface area contributed by atoms with Crippen LogP contribution in [0.3, 0.4) is 0 Å². The monoisotopic (exact) mass is 482 g/mol. The average Bonchev–Trinajstić information content (AvgIpc) is 3.70. The Bertz CT molecular complexity index is 1780. The van der Waals surface area contributed by atoms with Gasteiger partial charge in [-0.1, -0.05) is 36.0 Å². The van der Waals surface area contributed by atoms with Crippen LogP contribution in [0.15, 0.2) is 54.3 Å². The molecule has 2 unspecified atom stereocenters. The quantitative estimate of drug-likeness (QED) is 0.268. The van der Waals surface area contributed by atoms with Gasteiger partial charge in [0.25, 0.3) is 0 Å². The van der Waals surface area contributed by atoms with Crippen molar-refractivity contribution in [2.75, 3.05) is 0 Å². The number of H-pyrrole nitrogens is 3. The zero-order valence-corrected chi connectivity index (χ0v) is 20.8. The van der Waals surface area contributed by atoms with Crippen molar-refractivity contribution in [3.63, 3.8) is 0 Å². The van der Waals surface area contributed by atoms with Crippen molar-refractivity contribution < 1.29 is 0 Å². The van der Waals surface area contributed by atoms with Crippen LogP contribution in [-0.4, -0.2) is 31.0 Å². The minimum atomic E-state index is -0.225. The number of hydrogen-bond acceptors (Lipinski definition) is 3. The molecule has 0 saturated heterocycles. The SMILES string of the molecule is C#CC1=CC1NCc1nc2ccc(C#CC3(C)C=CC(c4cnc(-c5[nH]c6c(c5C)C6)[nH]4)=CC3)cc2[nH]1. The maximum Gasteiger partial charge on any atom is 0.154 e. The number of benzene rings is 1. The van der Waals surface area contributed by atoms with Crippen molar-refractivity contribution in [2.24, 2.45) is 5.41 Å². The van der Waals surface area contributed by atoms with Crippen LogP contribution in [0.2, 0.25) is 0 Å². The Kier molecular flexibility index (Phi) is 4.70. The molecule has 3 aliphatic rings. The van der Waals surface area contributed by atoms with E-state index < -0.39 is 0 Å². The van der Waals surface area contributed by atoms with Gasteiger partial charge in [0.1, 0.15) is 5.82 Å². The van der Waals surface area contributed by atoms with Crippen molar-refractivity contribution in [3.05, 3.63) is 88.2 Å². The van der Waals surface area contributed by atoms with Gasteiger partial charge in [-0.2, -0.15) is 0 Å². The Labute approximate surface area is 215 Å². The lowest BCUT2D eigenvalue weighted by Gasteiger charge is -2.21. The van der Waals surface area contributed by atoms with Crippen LogP contribution in [0.1, 0.15) is 47.2 Å². The van der Waals surface area contributed by atoms with Crippen molar-refractivity contribution in [2.45, 2.75) is 39.3 Å². The minimum Gasteiger partial charge on any atom is -0.355 e. The standard InChI is InChI=1S/C31H26N6/c1-4-20-14-24(20)32-17-28-34-23-6-5-19(13-26(23)35-28)7-10-31(3)11-8-21(9-12-31)27-16-33-30(37-27)29-18(2)22-15-25(22)36-29/h1,5-6,8-9,11,13-14,16,24,32,36H,12,15,17H2,2-3H3,(H,33,37)(H,34,35). The number of imidazole rings is 2. The average molecular weight is 483 g/mol. The van der Waals surface area contributed by atoms with E-state index in [0.717, 1.165) is 63.6 Å². The molecule has 0 amide bonds. The van der Waals surface area contributed by atoms with Crippen LogP contribution in [0.4, 0.5) is 0 Å². The second-order valence-corrected chi connectivity index (χ2v) is 10.3. The van der Waals surface area contributed by atoms with Gasteiger partial charge in [0, 0.05) is 23.3 Å². The summed E-state index contributed by atoms with van der Waals surface area (Å²) in [4.78, 5) is 19.6. The van der Waals surface area contributed by atoms with Crippen LogP contribution in [0.25, 0.3) is 28.1 Å². The van der Waals surface area contributed by atoms with Gasteiger partial charge in [0.15, 0.2) is 5.82 Å². The number of rotatable bonds is 5. The normalized spacial score (nSPS) is 21.1. The van der Waals surface area contributed by atoms with Crippen molar-refractivity contribution >= 4 is 16.6 Å². The molecule has 3 heterocycles. The molecular formula is C31H26N6. The molecule has 37 heavy (non-hydrogen) atoms. The fourth-order valence-electron chi connectivity index (χ4n) is 4.95. The number of aromatic amines is 3. The second-order valence-electron chi connectivity index (χ2n) is 10.3. The van der Waals surface area contributed by atoms with E-state index in [1.165, 1.54) is 16.8 Å². The molecule has 0 radical (unpaired) electrons. The van der Waals surface area contributed by atoms with Gasteiger partial charge < -0.3 is 15.0 Å². The summed E-state index contributed by atoms with van der Waals surface area (Å²) in [6, 6.07) is 6.33. The molecule has 180 valence electrons. The van der Waals surface area contributed by atoms with Gasteiger partial charge in [-0.05, 0) is 61.2 Å². The fourth-order valence-corrected chi connectivity index (χ4v) is 4.95. The van der Waals surface area contributed by atoms with E-state index in [1.54, 1.807) is 0 Å². The van der Waals surface area contributed by atoms with Gasteiger partial charge in [0.2, 0.25) is 0 Å². The summed E-state index contributed by atoms with van der Waals surface area (Å²) in [5.74, 6) is 11.3. The Morgan fingerprint density at radius 2 is 2.16 bits per heavy atom. The number of nitrogens with zero attached hydrogens (tertiary/aromatic N) is 2. The molecule has 0 saturated carbocycles. The van der Waals surface area contributed by atoms with E-state index in [2.05, 4.69) is 86.1 Å². The van der Waals surface area contributed by atoms with E-state index in [4.69, 9.17) is 6.42 Å². The Balaban J connectivity index is 1.03. The zero-order valence-electron chi connectivity index (χ0n) is 20.8. The largest absolute Gasteiger partial charge is 0.355 e. The molecule has 4 N–H and O–H groups in total. The molecule has 1 aromatic carbocycles. The first kappa shape index (κ1) is 21.7. The van der Waals surface area contributed by atoms with Gasteiger partial charge in [-0.25, -0.2) is 9.97 Å². The van der Waals surface area contributed by atoms with Crippen molar-refractivity contribution in [3.8, 4) is 35.7 Å². The number of fused-ring (bicyclic) bond motifs is 2. The first-order valence-corrected chi connectivity index (χ1v) is 12.6. The third-order valence-electron chi connectivity index (χ3n) is 7.45. The van der Waals surface area contributed by atoms with Crippen LogP contribution in [0.5, 0.6) is 0 Å². The number of terminal acetylenes is 1. The number of aromatic nitrogens is 5. The van der Waals surface area contributed by atoms with E-state index in [9.17, 15) is 0 Å². The Hall–Kier alpha value is -4.52. The zero-order chi connectivity index (χ0) is 25.1. The fraction of sp³-hybridized carbons (Fsp3) is 0.226. The summed E-state index contributed by atoms with van der Waals surface area (Å²) in [5, 5.41) is 3.38. The molecule has 3 aromatic heterocycles. The van der Waals surface area contributed by atoms with Crippen molar-refractivity contribution in [1.82, 2.24) is 30.2 Å². The van der Waals surface area contributed by atoms with Gasteiger partial charge >= 0.3 is 0 Å². The summed E-state index contributed by atoms with van der Waals surface area (Å²) in [6.07, 6.45) is 17.9. The summed E-state index contributed by atoms with van der Waals surface area (Å²) >= 11 is 0. The van der Waals surface area contributed by atoms with E-state index in [1.807, 2.05) is 24.4 Å². The van der Waals surface area contributed by atoms with Crippen molar-refractivity contribution in [1.29, 1.82) is 0 Å². The van der Waals surface area contributed by atoms with Crippen LogP contribution >= 0.6 is 0 Å². The molecular weight excluding hydrogens is 456 g/mol. The van der Waals surface area contributed by atoms with E-state index in [0.29, 0.717) is 6.54 Å². The number of allylic oxidation sites excluding steroid dienone is 4. The third-order valence-corrected chi connectivity index (χ3v) is 7.45. The predicted molar refractivity (Wildman–Crippen MR) is 146 cm³/mol. The molecule has 4 aromatic rings. The maximum atomic E-state index is 5.42. The Morgan fingerprint density at radius 3 is 2.92 bits per heavy atom. The molecule has 7 rings (SSSR count). The lowest BCUT2D eigenvalue weighted by Crippen LogP contribution is -2.18. The van der Waals surface area contributed by atoms with Crippen LogP contribution in [-0.2, 0) is 13.0 Å². The molecule has 0 spiro atoms. The molecule has 2 atom stereocenters. The lowest BCUT2D eigenvalue weighted by molar-refractivity contribution is 0.583. The summed E-state index contributed by atoms with van der Waals surface area (Å²) in [5.41, 5.74) is 11.1.